The van der Waals surface area contributed by atoms with Gasteiger partial charge in [0.15, 0.2) is 12.1 Å². The van der Waals surface area contributed by atoms with Gasteiger partial charge >= 0.3 is 0 Å². The van der Waals surface area contributed by atoms with Crippen LogP contribution in [0.1, 0.15) is 46.1 Å². The number of carbonyl (C=O) groups is 1. The highest BCUT2D eigenvalue weighted by Crippen LogP contribution is 2.30. The number of nitrogens with one attached hydrogen (secondary N) is 1. The van der Waals surface area contributed by atoms with Crippen LogP contribution in [0.3, 0.4) is 0 Å². The van der Waals surface area contributed by atoms with Gasteiger partial charge in [0.25, 0.3) is 0 Å². The summed E-state index contributed by atoms with van der Waals surface area (Å²) in [6, 6.07) is 8.28. The summed E-state index contributed by atoms with van der Waals surface area (Å²) in [6.45, 7) is 10.0. The SMILES string of the molecule is CCCn1c(C)c(C=O)c2ccnc(NCc3c(C)cccc3C)c21. The van der Waals surface area contributed by atoms with Crippen molar-refractivity contribution in [2.45, 2.75) is 47.2 Å². The highest BCUT2D eigenvalue weighted by Gasteiger charge is 2.17. The van der Waals surface area contributed by atoms with E-state index >= 15 is 0 Å². The Morgan fingerprint density at radius 3 is 2.52 bits per heavy atom. The largest absolute Gasteiger partial charge is 0.364 e. The van der Waals surface area contributed by atoms with E-state index in [-0.39, 0.29) is 0 Å². The summed E-state index contributed by atoms with van der Waals surface area (Å²) in [4.78, 5) is 16.1. The fourth-order valence-electron chi connectivity index (χ4n) is 3.53. The summed E-state index contributed by atoms with van der Waals surface area (Å²) in [5.74, 6) is 0.838. The molecule has 0 aliphatic heterocycles. The zero-order valence-electron chi connectivity index (χ0n) is 15.4. The van der Waals surface area contributed by atoms with Crippen molar-refractivity contribution < 1.29 is 4.79 Å². The zero-order chi connectivity index (χ0) is 18.0. The van der Waals surface area contributed by atoms with Crippen molar-refractivity contribution in [3.8, 4) is 0 Å². The Bertz CT molecular complexity index is 904. The molecule has 0 aliphatic rings. The van der Waals surface area contributed by atoms with Gasteiger partial charge in [0, 0.05) is 35.9 Å². The lowest BCUT2D eigenvalue weighted by molar-refractivity contribution is 0.112. The fourth-order valence-corrected chi connectivity index (χ4v) is 3.53. The number of aryl methyl sites for hydroxylation is 3. The molecule has 4 heteroatoms. The maximum absolute atomic E-state index is 11.6. The number of hydrogen-bond acceptors (Lipinski definition) is 3. The van der Waals surface area contributed by atoms with Crippen molar-refractivity contribution in [2.24, 2.45) is 0 Å². The Morgan fingerprint density at radius 2 is 1.88 bits per heavy atom. The van der Waals surface area contributed by atoms with Crippen molar-refractivity contribution in [2.75, 3.05) is 5.32 Å². The Balaban J connectivity index is 2.06. The maximum atomic E-state index is 11.6. The summed E-state index contributed by atoms with van der Waals surface area (Å²) in [7, 11) is 0. The first-order valence-corrected chi connectivity index (χ1v) is 8.80. The van der Waals surface area contributed by atoms with Crippen molar-refractivity contribution >= 4 is 23.0 Å². The second kappa shape index (κ2) is 7.09. The molecule has 0 aliphatic carbocycles. The topological polar surface area (TPSA) is 46.9 Å². The van der Waals surface area contributed by atoms with Crippen LogP contribution in [0.2, 0.25) is 0 Å². The van der Waals surface area contributed by atoms with Gasteiger partial charge in [0.2, 0.25) is 0 Å². The number of fused-ring (bicyclic) bond motifs is 1. The van der Waals surface area contributed by atoms with Crippen LogP contribution < -0.4 is 5.32 Å². The highest BCUT2D eigenvalue weighted by molar-refractivity contribution is 6.03. The minimum atomic E-state index is 0.720. The van der Waals surface area contributed by atoms with E-state index in [2.05, 4.69) is 53.8 Å². The predicted octanol–water partition coefficient (Wildman–Crippen LogP) is 4.80. The molecule has 0 bridgehead atoms. The van der Waals surface area contributed by atoms with Crippen LogP contribution in [0.15, 0.2) is 30.5 Å². The predicted molar refractivity (Wildman–Crippen MR) is 103 cm³/mol. The standard InChI is InChI=1S/C21H25N3O/c1-5-11-24-16(4)19(13-25)17-9-10-22-21(20(17)24)23-12-18-14(2)7-6-8-15(18)3/h6-10,13H,5,11-12H2,1-4H3,(H,22,23). The molecular formula is C21H25N3O. The molecule has 2 aromatic heterocycles. The normalized spacial score (nSPS) is 11.0. The first-order valence-electron chi connectivity index (χ1n) is 8.80. The van der Waals surface area contributed by atoms with E-state index in [0.29, 0.717) is 0 Å². The first kappa shape index (κ1) is 17.2. The second-order valence-corrected chi connectivity index (χ2v) is 6.55. The Labute approximate surface area is 148 Å². The number of rotatable bonds is 6. The van der Waals surface area contributed by atoms with Crippen molar-refractivity contribution in [1.29, 1.82) is 0 Å². The van der Waals surface area contributed by atoms with Gasteiger partial charge in [-0.2, -0.15) is 0 Å². The van der Waals surface area contributed by atoms with Crippen LogP contribution in [0.25, 0.3) is 10.9 Å². The lowest BCUT2D eigenvalue weighted by atomic mass is 10.0. The van der Waals surface area contributed by atoms with Gasteiger partial charge in [-0.1, -0.05) is 25.1 Å². The number of aromatic nitrogens is 2. The molecule has 1 N–H and O–H groups in total. The third-order valence-electron chi connectivity index (χ3n) is 4.92. The van der Waals surface area contributed by atoms with E-state index < -0.39 is 0 Å². The lowest BCUT2D eigenvalue weighted by Crippen LogP contribution is -2.07. The smallest absolute Gasteiger partial charge is 0.152 e. The van der Waals surface area contributed by atoms with Gasteiger partial charge in [-0.15, -0.1) is 0 Å². The Kier molecular flexibility index (Phi) is 4.88. The number of anilines is 1. The van der Waals surface area contributed by atoms with Crippen LogP contribution in [0, 0.1) is 20.8 Å². The van der Waals surface area contributed by atoms with Gasteiger partial charge in [0.05, 0.1) is 5.52 Å². The summed E-state index contributed by atoms with van der Waals surface area (Å²) in [5, 5.41) is 4.47. The molecule has 2 heterocycles. The number of pyridine rings is 1. The fraction of sp³-hybridized carbons (Fsp3) is 0.333. The molecule has 0 saturated carbocycles. The molecule has 0 amide bonds. The quantitative estimate of drug-likeness (QED) is 0.658. The van der Waals surface area contributed by atoms with Crippen molar-refractivity contribution in [3.63, 3.8) is 0 Å². The van der Waals surface area contributed by atoms with Gasteiger partial charge in [-0.25, -0.2) is 4.98 Å². The second-order valence-electron chi connectivity index (χ2n) is 6.55. The minimum Gasteiger partial charge on any atom is -0.364 e. The summed E-state index contributed by atoms with van der Waals surface area (Å²) in [6.07, 6.45) is 3.74. The number of nitrogens with zero attached hydrogens (tertiary/aromatic N) is 2. The molecule has 0 fully saturated rings. The van der Waals surface area contributed by atoms with E-state index in [1.807, 2.05) is 13.0 Å². The number of aldehydes is 1. The van der Waals surface area contributed by atoms with Gasteiger partial charge in [0.1, 0.15) is 0 Å². The summed E-state index contributed by atoms with van der Waals surface area (Å²) >= 11 is 0. The Morgan fingerprint density at radius 1 is 1.16 bits per heavy atom. The number of benzene rings is 1. The van der Waals surface area contributed by atoms with E-state index in [4.69, 9.17) is 0 Å². The summed E-state index contributed by atoms with van der Waals surface area (Å²) in [5.41, 5.74) is 6.63. The molecular weight excluding hydrogens is 310 g/mol. The maximum Gasteiger partial charge on any atom is 0.152 e. The van der Waals surface area contributed by atoms with Gasteiger partial charge in [-0.05, 0) is 49.9 Å². The van der Waals surface area contributed by atoms with Crippen LogP contribution in [0.4, 0.5) is 5.82 Å². The highest BCUT2D eigenvalue weighted by atomic mass is 16.1. The van der Waals surface area contributed by atoms with Gasteiger partial charge < -0.3 is 9.88 Å². The van der Waals surface area contributed by atoms with Crippen LogP contribution >= 0.6 is 0 Å². The third-order valence-corrected chi connectivity index (χ3v) is 4.92. The Hall–Kier alpha value is -2.62. The molecule has 1 aromatic carbocycles. The van der Waals surface area contributed by atoms with Crippen molar-refractivity contribution in [3.05, 3.63) is 58.4 Å². The van der Waals surface area contributed by atoms with E-state index in [9.17, 15) is 4.79 Å². The third kappa shape index (κ3) is 3.04. The van der Waals surface area contributed by atoms with Crippen LogP contribution in [0.5, 0.6) is 0 Å². The molecule has 3 rings (SSSR count). The molecule has 0 saturated heterocycles. The first-order chi connectivity index (χ1) is 12.1. The van der Waals surface area contributed by atoms with Crippen molar-refractivity contribution in [1.82, 2.24) is 9.55 Å². The summed E-state index contributed by atoms with van der Waals surface area (Å²) < 4.78 is 2.21. The number of hydrogen-bond donors (Lipinski definition) is 1. The van der Waals surface area contributed by atoms with E-state index in [1.165, 1.54) is 16.7 Å². The van der Waals surface area contributed by atoms with E-state index in [1.54, 1.807) is 6.20 Å². The van der Waals surface area contributed by atoms with Crippen LogP contribution in [-0.2, 0) is 13.1 Å². The molecule has 0 radical (unpaired) electrons. The number of carbonyl (C=O) groups excluding carboxylic acids is 1. The van der Waals surface area contributed by atoms with Crippen LogP contribution in [-0.4, -0.2) is 15.8 Å². The molecule has 130 valence electrons. The molecule has 0 atom stereocenters. The average molecular weight is 335 g/mol. The molecule has 3 aromatic rings. The molecule has 0 unspecified atom stereocenters. The average Bonchev–Trinajstić information content (AvgIpc) is 2.87. The zero-order valence-corrected chi connectivity index (χ0v) is 15.4. The minimum absolute atomic E-state index is 0.720. The molecule has 4 nitrogen and oxygen atoms in total. The molecule has 25 heavy (non-hydrogen) atoms. The molecule has 0 spiro atoms. The monoisotopic (exact) mass is 335 g/mol. The van der Waals surface area contributed by atoms with E-state index in [0.717, 1.165) is 53.8 Å². The lowest BCUT2D eigenvalue weighted by Gasteiger charge is -2.14. The van der Waals surface area contributed by atoms with Gasteiger partial charge in [-0.3, -0.25) is 4.79 Å².